The number of halogens is 1. The van der Waals surface area contributed by atoms with Crippen molar-refractivity contribution in [2.75, 3.05) is 5.73 Å². The predicted molar refractivity (Wildman–Crippen MR) is 74.4 cm³/mol. The van der Waals surface area contributed by atoms with Gasteiger partial charge in [-0.05, 0) is 35.9 Å². The van der Waals surface area contributed by atoms with Gasteiger partial charge in [0.15, 0.2) is 5.65 Å². The number of benzene rings is 1. The predicted octanol–water partition coefficient (Wildman–Crippen LogP) is 3.53. The fraction of sp³-hybridized carbons (Fsp3) is 0. The van der Waals surface area contributed by atoms with E-state index >= 15 is 0 Å². The summed E-state index contributed by atoms with van der Waals surface area (Å²) in [6, 6.07) is 13.4. The van der Waals surface area contributed by atoms with Gasteiger partial charge in [-0.1, -0.05) is 23.7 Å². The molecule has 3 rings (SSSR count). The van der Waals surface area contributed by atoms with Crippen molar-refractivity contribution in [3.05, 3.63) is 53.7 Å². The van der Waals surface area contributed by atoms with E-state index < -0.39 is 0 Å². The van der Waals surface area contributed by atoms with E-state index in [0.29, 0.717) is 11.5 Å². The Labute approximate surface area is 109 Å². The molecule has 0 radical (unpaired) electrons. The minimum Gasteiger partial charge on any atom is -0.384 e. The first kappa shape index (κ1) is 11.0. The lowest BCUT2D eigenvalue weighted by Gasteiger charge is -2.03. The van der Waals surface area contributed by atoms with Crippen molar-refractivity contribution in [1.29, 1.82) is 0 Å². The van der Waals surface area contributed by atoms with Crippen molar-refractivity contribution in [3.63, 3.8) is 0 Å². The molecule has 18 heavy (non-hydrogen) atoms. The second-order valence-electron chi connectivity index (χ2n) is 4.01. The van der Waals surface area contributed by atoms with Gasteiger partial charge in [0, 0.05) is 22.2 Å². The van der Waals surface area contributed by atoms with Gasteiger partial charge < -0.3 is 5.73 Å². The molecular weight excluding hydrogens is 246 g/mol. The average Bonchev–Trinajstić information content (AvgIpc) is 2.39. The molecule has 0 atom stereocenters. The Hall–Kier alpha value is -2.13. The van der Waals surface area contributed by atoms with Gasteiger partial charge >= 0.3 is 0 Å². The second-order valence-corrected chi connectivity index (χ2v) is 4.45. The Kier molecular flexibility index (Phi) is 2.61. The number of hydrogen-bond acceptors (Lipinski definition) is 3. The number of nitrogens with zero attached hydrogens (tertiary/aromatic N) is 2. The number of anilines is 1. The lowest BCUT2D eigenvalue weighted by molar-refractivity contribution is 1.29. The van der Waals surface area contributed by atoms with Gasteiger partial charge in [-0.3, -0.25) is 0 Å². The van der Waals surface area contributed by atoms with Crippen molar-refractivity contribution in [2.45, 2.75) is 0 Å². The fourth-order valence-corrected chi connectivity index (χ4v) is 1.95. The maximum Gasteiger partial charge on any atom is 0.161 e. The molecule has 0 spiro atoms. The van der Waals surface area contributed by atoms with Crippen molar-refractivity contribution >= 4 is 28.5 Å². The minimum absolute atomic E-state index is 0.481. The number of pyridine rings is 2. The van der Waals surface area contributed by atoms with Gasteiger partial charge in [0.05, 0.1) is 0 Å². The van der Waals surface area contributed by atoms with Gasteiger partial charge in [-0.25, -0.2) is 9.97 Å². The van der Waals surface area contributed by atoms with E-state index in [9.17, 15) is 0 Å². The van der Waals surface area contributed by atoms with E-state index in [0.717, 1.165) is 21.5 Å². The molecule has 3 aromatic rings. The van der Waals surface area contributed by atoms with Gasteiger partial charge in [0.25, 0.3) is 0 Å². The zero-order valence-corrected chi connectivity index (χ0v) is 10.2. The molecule has 3 nitrogen and oxygen atoms in total. The second kappa shape index (κ2) is 4.27. The van der Waals surface area contributed by atoms with Crippen molar-refractivity contribution in [3.8, 4) is 11.1 Å². The summed E-state index contributed by atoms with van der Waals surface area (Å²) in [5.74, 6) is 0.481. The lowest BCUT2D eigenvalue weighted by atomic mass is 10.1. The standard InChI is InChI=1S/C14H10ClN3/c15-12-4-1-9(2-5-12)11-7-10-3-6-13(16)18-14(10)17-8-11/h1-8H,(H2,16,17,18). The molecule has 0 aliphatic rings. The van der Waals surface area contributed by atoms with Crippen LogP contribution in [0.25, 0.3) is 22.2 Å². The lowest BCUT2D eigenvalue weighted by Crippen LogP contribution is -1.92. The van der Waals surface area contributed by atoms with Crippen LogP contribution in [0.2, 0.25) is 5.02 Å². The number of rotatable bonds is 1. The Bertz CT molecular complexity index is 708. The van der Waals surface area contributed by atoms with Crippen LogP contribution in [0.3, 0.4) is 0 Å². The highest BCUT2D eigenvalue weighted by Crippen LogP contribution is 2.23. The van der Waals surface area contributed by atoms with E-state index in [1.54, 1.807) is 12.3 Å². The van der Waals surface area contributed by atoms with Crippen LogP contribution in [0, 0.1) is 0 Å². The molecule has 0 amide bonds. The van der Waals surface area contributed by atoms with Crippen LogP contribution in [0.5, 0.6) is 0 Å². The van der Waals surface area contributed by atoms with Crippen molar-refractivity contribution < 1.29 is 0 Å². The smallest absolute Gasteiger partial charge is 0.161 e. The molecule has 2 aromatic heterocycles. The monoisotopic (exact) mass is 255 g/mol. The Balaban J connectivity index is 2.13. The van der Waals surface area contributed by atoms with Crippen molar-refractivity contribution in [1.82, 2.24) is 9.97 Å². The molecule has 0 fully saturated rings. The molecule has 0 aliphatic carbocycles. The Morgan fingerprint density at radius 1 is 0.944 bits per heavy atom. The summed E-state index contributed by atoms with van der Waals surface area (Å²) in [6.45, 7) is 0. The van der Waals surface area contributed by atoms with Crippen molar-refractivity contribution in [2.24, 2.45) is 0 Å². The number of nitrogen functional groups attached to an aromatic ring is 1. The van der Waals surface area contributed by atoms with E-state index in [2.05, 4.69) is 9.97 Å². The van der Waals surface area contributed by atoms with Gasteiger partial charge in [0.1, 0.15) is 5.82 Å². The molecule has 0 saturated carbocycles. The number of aromatic nitrogens is 2. The van der Waals surface area contributed by atoms with E-state index in [1.165, 1.54) is 0 Å². The highest BCUT2D eigenvalue weighted by atomic mass is 35.5. The molecule has 88 valence electrons. The van der Waals surface area contributed by atoms with E-state index in [-0.39, 0.29) is 0 Å². The number of fused-ring (bicyclic) bond motifs is 1. The molecule has 4 heteroatoms. The minimum atomic E-state index is 0.481. The van der Waals surface area contributed by atoms with Crippen LogP contribution in [0.15, 0.2) is 48.7 Å². The largest absolute Gasteiger partial charge is 0.384 e. The quantitative estimate of drug-likeness (QED) is 0.724. The summed E-state index contributed by atoms with van der Waals surface area (Å²) in [5, 5.41) is 1.69. The summed E-state index contributed by atoms with van der Waals surface area (Å²) in [5.41, 5.74) is 8.39. The van der Waals surface area contributed by atoms with Crippen LogP contribution in [0.4, 0.5) is 5.82 Å². The number of hydrogen-bond donors (Lipinski definition) is 1. The summed E-state index contributed by atoms with van der Waals surface area (Å²) in [6.07, 6.45) is 1.79. The molecular formula is C14H10ClN3. The summed E-state index contributed by atoms with van der Waals surface area (Å²) < 4.78 is 0. The average molecular weight is 256 g/mol. The molecule has 0 saturated heterocycles. The summed E-state index contributed by atoms with van der Waals surface area (Å²) >= 11 is 5.87. The first-order valence-electron chi connectivity index (χ1n) is 5.50. The molecule has 2 N–H and O–H groups in total. The topological polar surface area (TPSA) is 51.8 Å². The third-order valence-corrected chi connectivity index (χ3v) is 2.99. The third-order valence-electron chi connectivity index (χ3n) is 2.74. The van der Waals surface area contributed by atoms with Crippen LogP contribution in [-0.4, -0.2) is 9.97 Å². The van der Waals surface area contributed by atoms with Crippen LogP contribution in [-0.2, 0) is 0 Å². The zero-order chi connectivity index (χ0) is 12.5. The fourth-order valence-electron chi connectivity index (χ4n) is 1.83. The zero-order valence-electron chi connectivity index (χ0n) is 9.47. The maximum atomic E-state index is 5.87. The van der Waals surface area contributed by atoms with Crippen LogP contribution < -0.4 is 5.73 Å². The van der Waals surface area contributed by atoms with Gasteiger partial charge in [-0.15, -0.1) is 0 Å². The molecule has 1 aromatic carbocycles. The van der Waals surface area contributed by atoms with E-state index in [4.69, 9.17) is 17.3 Å². The van der Waals surface area contributed by atoms with Crippen LogP contribution in [0.1, 0.15) is 0 Å². The Morgan fingerprint density at radius 2 is 1.72 bits per heavy atom. The number of nitrogens with two attached hydrogens (primary N) is 1. The molecule has 0 aliphatic heterocycles. The summed E-state index contributed by atoms with van der Waals surface area (Å²) in [4.78, 5) is 8.49. The molecule has 0 bridgehead atoms. The van der Waals surface area contributed by atoms with E-state index in [1.807, 2.05) is 36.4 Å². The van der Waals surface area contributed by atoms with Crippen LogP contribution >= 0.6 is 11.6 Å². The SMILES string of the molecule is Nc1ccc2cc(-c3ccc(Cl)cc3)cnc2n1. The normalized spacial score (nSPS) is 10.7. The Morgan fingerprint density at radius 3 is 2.50 bits per heavy atom. The first-order chi connectivity index (χ1) is 8.72. The highest BCUT2D eigenvalue weighted by Gasteiger charge is 2.02. The highest BCUT2D eigenvalue weighted by molar-refractivity contribution is 6.30. The summed E-state index contributed by atoms with van der Waals surface area (Å²) in [7, 11) is 0. The molecule has 2 heterocycles. The maximum absolute atomic E-state index is 5.87. The van der Waals surface area contributed by atoms with Gasteiger partial charge in [-0.2, -0.15) is 0 Å². The first-order valence-corrected chi connectivity index (χ1v) is 5.88. The van der Waals surface area contributed by atoms with Gasteiger partial charge in [0.2, 0.25) is 0 Å². The molecule has 0 unspecified atom stereocenters. The third kappa shape index (κ3) is 2.00.